The van der Waals surface area contributed by atoms with E-state index in [0.717, 1.165) is 31.3 Å². The van der Waals surface area contributed by atoms with Crippen LogP contribution >= 0.6 is 35.3 Å². The van der Waals surface area contributed by atoms with Crippen molar-refractivity contribution < 1.29 is 9.53 Å². The Hall–Kier alpha value is -1.10. The number of guanidine groups is 1. The van der Waals surface area contributed by atoms with Crippen LogP contribution in [-0.4, -0.2) is 60.1 Å². The van der Waals surface area contributed by atoms with Gasteiger partial charge in [-0.3, -0.25) is 4.79 Å². The van der Waals surface area contributed by atoms with Crippen LogP contribution in [0.5, 0.6) is 0 Å². The van der Waals surface area contributed by atoms with Crippen molar-refractivity contribution in [1.82, 2.24) is 9.88 Å². The zero-order valence-corrected chi connectivity index (χ0v) is 16.8. The molecule has 0 spiro atoms. The van der Waals surface area contributed by atoms with Gasteiger partial charge in [-0.15, -0.1) is 35.3 Å². The lowest BCUT2D eigenvalue weighted by Crippen LogP contribution is -2.51. The zero-order chi connectivity index (χ0) is 16.2. The Morgan fingerprint density at radius 2 is 2.04 bits per heavy atom. The van der Waals surface area contributed by atoms with Gasteiger partial charge in [0.05, 0.1) is 0 Å². The van der Waals surface area contributed by atoms with E-state index in [9.17, 15) is 4.79 Å². The highest BCUT2D eigenvalue weighted by Crippen LogP contribution is 2.18. The summed E-state index contributed by atoms with van der Waals surface area (Å²) in [6.45, 7) is 8.66. The van der Waals surface area contributed by atoms with Crippen molar-refractivity contribution in [2.45, 2.75) is 26.4 Å². The van der Waals surface area contributed by atoms with E-state index in [1.807, 2.05) is 37.2 Å². The van der Waals surface area contributed by atoms with Gasteiger partial charge in [0, 0.05) is 37.8 Å². The van der Waals surface area contributed by atoms with Gasteiger partial charge in [0.15, 0.2) is 11.1 Å². The average Bonchev–Trinajstić information content (AvgIpc) is 2.97. The van der Waals surface area contributed by atoms with Crippen LogP contribution in [-0.2, 0) is 9.53 Å². The third kappa shape index (κ3) is 6.50. The molecule has 0 saturated carbocycles. The molecule has 0 bridgehead atoms. The molecule has 2 N–H and O–H groups in total. The van der Waals surface area contributed by atoms with Crippen LogP contribution < -0.4 is 10.6 Å². The number of ether oxygens (including phenoxy) is 1. The van der Waals surface area contributed by atoms with E-state index in [0.29, 0.717) is 5.96 Å². The molecule has 1 fully saturated rings. The molecule has 0 atom stereocenters. The zero-order valence-electron chi connectivity index (χ0n) is 13.7. The van der Waals surface area contributed by atoms with Gasteiger partial charge in [-0.05, 0) is 20.8 Å². The Labute approximate surface area is 157 Å². The maximum atomic E-state index is 11.6. The molecule has 1 saturated heterocycles. The Bertz CT molecular complexity index is 522. The molecule has 23 heavy (non-hydrogen) atoms. The lowest BCUT2D eigenvalue weighted by atomic mass is 10.2. The second-order valence-electron chi connectivity index (χ2n) is 6.05. The predicted molar refractivity (Wildman–Crippen MR) is 104 cm³/mol. The smallest absolute Gasteiger partial charge is 0.328 e. The number of halogens is 1. The number of thiazole rings is 1. The summed E-state index contributed by atoms with van der Waals surface area (Å²) in [6, 6.07) is 0. The fraction of sp³-hybridized carbons (Fsp3) is 0.643. The molecular formula is C14H24IN5O2S. The second kappa shape index (κ2) is 8.67. The largest absolute Gasteiger partial charge is 0.459 e. The maximum absolute atomic E-state index is 11.6. The minimum absolute atomic E-state index is 0. The number of nitrogens with two attached hydrogens (primary N) is 1. The molecule has 0 radical (unpaired) electrons. The number of anilines is 1. The predicted octanol–water partition coefficient (Wildman–Crippen LogP) is 1.54. The molecule has 0 unspecified atom stereocenters. The first kappa shape index (κ1) is 19.9. The average molecular weight is 453 g/mol. The minimum Gasteiger partial charge on any atom is -0.459 e. The van der Waals surface area contributed by atoms with E-state index < -0.39 is 5.60 Å². The highest BCUT2D eigenvalue weighted by molar-refractivity contribution is 14.0. The van der Waals surface area contributed by atoms with Crippen molar-refractivity contribution in [3.8, 4) is 0 Å². The molecule has 0 aliphatic carbocycles. The normalized spacial score (nSPS) is 16.0. The standard InChI is InChI=1S/C14H23N5O2S.HI/c1-14(2,3)21-11(20)10-17-12(15)18-5-7-19(8-6-18)13-16-4-9-22-13;/h4,9H,5-8,10H2,1-3H3,(H2,15,17);1H. The van der Waals surface area contributed by atoms with Gasteiger partial charge < -0.3 is 20.3 Å². The first-order chi connectivity index (χ1) is 10.3. The molecule has 7 nitrogen and oxygen atoms in total. The van der Waals surface area contributed by atoms with E-state index in [4.69, 9.17) is 10.5 Å². The fourth-order valence-electron chi connectivity index (χ4n) is 2.12. The number of nitrogens with zero attached hydrogens (tertiary/aromatic N) is 4. The van der Waals surface area contributed by atoms with Crippen molar-refractivity contribution in [2.75, 3.05) is 37.6 Å². The van der Waals surface area contributed by atoms with E-state index >= 15 is 0 Å². The molecule has 0 aromatic carbocycles. The molecule has 130 valence electrons. The van der Waals surface area contributed by atoms with Crippen molar-refractivity contribution >= 4 is 52.4 Å². The number of hydrogen-bond acceptors (Lipinski definition) is 6. The van der Waals surface area contributed by atoms with E-state index in [2.05, 4.69) is 14.9 Å². The molecule has 1 aromatic heterocycles. The van der Waals surface area contributed by atoms with Gasteiger partial charge in [0.25, 0.3) is 0 Å². The van der Waals surface area contributed by atoms with E-state index in [-0.39, 0.29) is 36.5 Å². The third-order valence-corrected chi connectivity index (χ3v) is 3.92. The minimum atomic E-state index is -0.499. The first-order valence-corrected chi connectivity index (χ1v) is 8.14. The molecule has 0 amide bonds. The van der Waals surface area contributed by atoms with Gasteiger partial charge in [-0.2, -0.15) is 0 Å². The summed E-state index contributed by atoms with van der Waals surface area (Å²) in [6.07, 6.45) is 1.81. The molecule has 1 aromatic rings. The maximum Gasteiger partial charge on any atom is 0.328 e. The molecule has 2 rings (SSSR count). The Balaban J connectivity index is 0.00000264. The number of aliphatic imine (C=N–C) groups is 1. The number of hydrogen-bond donors (Lipinski definition) is 1. The van der Waals surface area contributed by atoms with Gasteiger partial charge in [0.1, 0.15) is 12.1 Å². The van der Waals surface area contributed by atoms with E-state index in [1.54, 1.807) is 11.3 Å². The second-order valence-corrected chi connectivity index (χ2v) is 6.92. The summed E-state index contributed by atoms with van der Waals surface area (Å²) >= 11 is 1.63. The summed E-state index contributed by atoms with van der Waals surface area (Å²) in [5, 5.41) is 3.00. The lowest BCUT2D eigenvalue weighted by molar-refractivity contribution is -0.152. The number of esters is 1. The van der Waals surface area contributed by atoms with Crippen LogP contribution in [0.3, 0.4) is 0 Å². The fourth-order valence-corrected chi connectivity index (χ4v) is 2.82. The molecule has 1 aliphatic rings. The van der Waals surface area contributed by atoms with Crippen molar-refractivity contribution in [1.29, 1.82) is 0 Å². The monoisotopic (exact) mass is 453 g/mol. The van der Waals surface area contributed by atoms with Gasteiger partial charge >= 0.3 is 5.97 Å². The highest BCUT2D eigenvalue weighted by Gasteiger charge is 2.20. The number of carbonyl (C=O) groups is 1. The quantitative estimate of drug-likeness (QED) is 0.324. The number of aromatic nitrogens is 1. The third-order valence-electron chi connectivity index (χ3n) is 3.08. The van der Waals surface area contributed by atoms with Gasteiger partial charge in [-0.25, -0.2) is 9.98 Å². The van der Waals surface area contributed by atoms with Crippen LogP contribution in [0, 0.1) is 0 Å². The Morgan fingerprint density at radius 3 is 2.57 bits per heavy atom. The van der Waals surface area contributed by atoms with Crippen LogP contribution in [0.15, 0.2) is 16.6 Å². The van der Waals surface area contributed by atoms with Crippen molar-refractivity contribution in [3.63, 3.8) is 0 Å². The SMILES string of the molecule is CC(C)(C)OC(=O)CN=C(N)N1CCN(c2nccs2)CC1.I. The first-order valence-electron chi connectivity index (χ1n) is 7.26. The van der Waals surface area contributed by atoms with Gasteiger partial charge in [-0.1, -0.05) is 0 Å². The summed E-state index contributed by atoms with van der Waals surface area (Å²) < 4.78 is 5.21. The number of carbonyl (C=O) groups excluding carboxylic acids is 1. The summed E-state index contributed by atoms with van der Waals surface area (Å²) in [5.41, 5.74) is 5.46. The Morgan fingerprint density at radius 1 is 1.39 bits per heavy atom. The molecular weight excluding hydrogens is 429 g/mol. The summed E-state index contributed by atoms with van der Waals surface area (Å²) in [4.78, 5) is 24.3. The number of piperazine rings is 1. The van der Waals surface area contributed by atoms with Crippen LogP contribution in [0.4, 0.5) is 5.13 Å². The summed E-state index contributed by atoms with van der Waals surface area (Å²) in [5.74, 6) is 0.0292. The van der Waals surface area contributed by atoms with Crippen LogP contribution in [0.25, 0.3) is 0 Å². The molecule has 2 heterocycles. The highest BCUT2D eigenvalue weighted by atomic mass is 127. The molecule has 9 heteroatoms. The van der Waals surface area contributed by atoms with Crippen LogP contribution in [0.2, 0.25) is 0 Å². The Kier molecular flexibility index (Phi) is 7.52. The number of rotatable bonds is 3. The molecule has 1 aliphatic heterocycles. The van der Waals surface area contributed by atoms with Gasteiger partial charge in [0.2, 0.25) is 0 Å². The summed E-state index contributed by atoms with van der Waals surface area (Å²) in [7, 11) is 0. The lowest BCUT2D eigenvalue weighted by Gasteiger charge is -2.35. The topological polar surface area (TPSA) is 84.0 Å². The van der Waals surface area contributed by atoms with E-state index in [1.165, 1.54) is 0 Å². The van der Waals surface area contributed by atoms with Crippen LogP contribution in [0.1, 0.15) is 20.8 Å². The van der Waals surface area contributed by atoms with Crippen molar-refractivity contribution in [3.05, 3.63) is 11.6 Å². The van der Waals surface area contributed by atoms with Crippen molar-refractivity contribution in [2.24, 2.45) is 10.7 Å².